The van der Waals surface area contributed by atoms with Crippen molar-refractivity contribution in [1.29, 1.82) is 4.78 Å². The number of aryl methyl sites for hydroxylation is 2. The second-order valence-electron chi connectivity index (χ2n) is 8.96. The normalized spacial score (nSPS) is 16.6. The minimum Gasteiger partial charge on any atom is -0.323 e. The Hall–Kier alpha value is -3.36. The van der Waals surface area contributed by atoms with Crippen molar-refractivity contribution in [2.75, 3.05) is 5.75 Å². The molecule has 1 aliphatic carbocycles. The Bertz CT molecular complexity index is 1760. The van der Waals surface area contributed by atoms with Gasteiger partial charge in [0.1, 0.15) is 17.0 Å². The summed E-state index contributed by atoms with van der Waals surface area (Å²) < 4.78 is 106. The maximum atomic E-state index is 13.8. The predicted molar refractivity (Wildman–Crippen MR) is 123 cm³/mol. The van der Waals surface area contributed by atoms with E-state index in [1.54, 1.807) is 0 Å². The first-order valence-corrected chi connectivity index (χ1v) is 12.8. The lowest BCUT2D eigenvalue weighted by Crippen LogP contribution is -2.28. The number of aromatic nitrogens is 5. The van der Waals surface area contributed by atoms with Gasteiger partial charge in [-0.15, -0.1) is 0 Å². The zero-order valence-corrected chi connectivity index (χ0v) is 20.5. The van der Waals surface area contributed by atoms with Crippen LogP contribution in [0.5, 0.6) is 0 Å². The highest BCUT2D eigenvalue weighted by Crippen LogP contribution is 2.41. The molecule has 4 aromatic rings. The third-order valence-corrected chi connectivity index (χ3v) is 8.38. The van der Waals surface area contributed by atoms with Crippen LogP contribution in [0.4, 0.5) is 26.3 Å². The molecule has 0 amide bonds. The number of alkyl halides is 6. The number of fused-ring (bicyclic) bond motifs is 2. The van der Waals surface area contributed by atoms with Crippen LogP contribution in [0.15, 0.2) is 27.9 Å². The predicted octanol–water partition coefficient (Wildman–Crippen LogP) is 5.09. The first kappa shape index (κ1) is 25.3. The Kier molecular flexibility index (Phi) is 5.35. The van der Waals surface area contributed by atoms with Gasteiger partial charge in [0.05, 0.1) is 31.2 Å². The van der Waals surface area contributed by atoms with Crippen LogP contribution in [0.2, 0.25) is 0 Å². The smallest absolute Gasteiger partial charge is 0.323 e. The van der Waals surface area contributed by atoms with Crippen molar-refractivity contribution in [3.8, 4) is 11.4 Å². The van der Waals surface area contributed by atoms with Gasteiger partial charge in [-0.25, -0.2) is 19.0 Å². The number of nitrogens with one attached hydrogen (secondary N) is 1. The number of rotatable bonds is 4. The number of imidazole rings is 2. The number of nitrogens with zero attached hydrogens (tertiary/aromatic N) is 5. The quantitative estimate of drug-likeness (QED) is 0.361. The zero-order chi connectivity index (χ0) is 27.2. The molecule has 1 atom stereocenters. The third kappa shape index (κ3) is 3.90. The molecule has 0 radical (unpaired) electrons. The summed E-state index contributed by atoms with van der Waals surface area (Å²) in [5.74, 6) is -1.52. The van der Waals surface area contributed by atoms with Crippen LogP contribution in [0.25, 0.3) is 33.5 Å². The average Bonchev–Trinajstić information content (AvgIpc) is 3.49. The highest BCUT2D eigenvalue weighted by atomic mass is 32.2. The Morgan fingerprint density at radius 2 is 1.65 bits per heavy atom. The zero-order valence-electron chi connectivity index (χ0n) is 19.7. The number of pyridine rings is 1. The molecule has 1 saturated carbocycles. The van der Waals surface area contributed by atoms with Gasteiger partial charge in [0.25, 0.3) is 5.56 Å². The third-order valence-electron chi connectivity index (χ3n) is 6.52. The Morgan fingerprint density at radius 3 is 2.19 bits per heavy atom. The molecule has 0 bridgehead atoms. The Labute approximate surface area is 205 Å². The van der Waals surface area contributed by atoms with E-state index in [1.165, 1.54) is 24.6 Å². The molecule has 0 aliphatic heterocycles. The summed E-state index contributed by atoms with van der Waals surface area (Å²) in [6, 6.07) is 2.50. The van der Waals surface area contributed by atoms with Crippen molar-refractivity contribution >= 4 is 31.8 Å². The van der Waals surface area contributed by atoms with E-state index in [0.29, 0.717) is 17.4 Å². The standard InChI is InChI=1S/C22H20F6N6O2S/c1-4-37(29,36)15-9-14-12(31-20(32(14)2)22(26,27)28)7-11(15)18-30-13-8-16(21(23,24)25)34(10-5-6-10)19(35)17(13)33(18)3/h7-10,29H,4-6H2,1-3H3. The van der Waals surface area contributed by atoms with Crippen LogP contribution in [0, 0.1) is 4.78 Å². The second-order valence-corrected chi connectivity index (χ2v) is 11.3. The van der Waals surface area contributed by atoms with Crippen LogP contribution < -0.4 is 5.56 Å². The number of benzene rings is 1. The summed E-state index contributed by atoms with van der Waals surface area (Å²) in [6.07, 6.45) is -8.78. The Balaban J connectivity index is 1.87. The van der Waals surface area contributed by atoms with E-state index in [4.69, 9.17) is 4.78 Å². The summed E-state index contributed by atoms with van der Waals surface area (Å²) in [4.78, 5) is 20.9. The maximum absolute atomic E-state index is 13.8. The van der Waals surface area contributed by atoms with E-state index in [1.807, 2.05) is 0 Å². The summed E-state index contributed by atoms with van der Waals surface area (Å²) in [5, 5.41) is 0. The van der Waals surface area contributed by atoms with Gasteiger partial charge >= 0.3 is 12.4 Å². The SMILES string of the molecule is CCS(=N)(=O)c1cc2c(cc1-c1nc3cc(C(F)(F)F)n(C4CC4)c(=O)c3n1C)nc(C(F)(F)F)n2C. The topological polar surface area (TPSA) is 98.6 Å². The molecule has 3 aromatic heterocycles. The van der Waals surface area contributed by atoms with E-state index in [2.05, 4.69) is 9.97 Å². The first-order valence-electron chi connectivity index (χ1n) is 11.1. The molecule has 198 valence electrons. The largest absolute Gasteiger partial charge is 0.449 e. The van der Waals surface area contributed by atoms with Gasteiger partial charge in [0, 0.05) is 31.5 Å². The maximum Gasteiger partial charge on any atom is 0.449 e. The summed E-state index contributed by atoms with van der Waals surface area (Å²) in [5.41, 5.74) is -2.70. The fourth-order valence-electron chi connectivity index (χ4n) is 4.53. The molecule has 1 unspecified atom stereocenters. The highest BCUT2D eigenvalue weighted by molar-refractivity contribution is 7.92. The minimum atomic E-state index is -4.82. The van der Waals surface area contributed by atoms with Crippen molar-refractivity contribution in [3.05, 3.63) is 40.1 Å². The van der Waals surface area contributed by atoms with Crippen LogP contribution in [-0.2, 0) is 36.2 Å². The van der Waals surface area contributed by atoms with E-state index >= 15 is 0 Å². The number of halogens is 6. The van der Waals surface area contributed by atoms with Crippen molar-refractivity contribution in [2.45, 2.75) is 43.1 Å². The summed E-state index contributed by atoms with van der Waals surface area (Å²) in [7, 11) is -1.05. The monoisotopic (exact) mass is 546 g/mol. The fourth-order valence-corrected chi connectivity index (χ4v) is 5.64. The Morgan fingerprint density at radius 1 is 1.00 bits per heavy atom. The summed E-state index contributed by atoms with van der Waals surface area (Å²) in [6.45, 7) is 1.46. The molecule has 0 spiro atoms. The van der Waals surface area contributed by atoms with E-state index in [0.717, 1.165) is 23.7 Å². The lowest BCUT2D eigenvalue weighted by atomic mass is 10.2. The molecular formula is C22H20F6N6O2S. The van der Waals surface area contributed by atoms with E-state index < -0.39 is 45.2 Å². The van der Waals surface area contributed by atoms with Gasteiger partial charge in [0.15, 0.2) is 0 Å². The van der Waals surface area contributed by atoms with Gasteiger partial charge in [-0.3, -0.25) is 9.36 Å². The molecule has 3 heterocycles. The highest BCUT2D eigenvalue weighted by Gasteiger charge is 2.41. The van der Waals surface area contributed by atoms with Crippen LogP contribution in [0.3, 0.4) is 0 Å². The number of hydrogen-bond acceptors (Lipinski definition) is 5. The number of hydrogen-bond donors (Lipinski definition) is 1. The summed E-state index contributed by atoms with van der Waals surface area (Å²) >= 11 is 0. The minimum absolute atomic E-state index is 0.0336. The molecule has 5 rings (SSSR count). The molecule has 1 fully saturated rings. The molecule has 1 N–H and O–H groups in total. The van der Waals surface area contributed by atoms with Gasteiger partial charge < -0.3 is 9.13 Å². The van der Waals surface area contributed by atoms with Crippen molar-refractivity contribution < 1.29 is 30.6 Å². The van der Waals surface area contributed by atoms with Crippen LogP contribution in [-0.4, -0.2) is 33.6 Å². The second kappa shape index (κ2) is 7.82. The van der Waals surface area contributed by atoms with Crippen LogP contribution in [0.1, 0.15) is 37.3 Å². The molecule has 1 aromatic carbocycles. The van der Waals surface area contributed by atoms with Gasteiger partial charge in [-0.1, -0.05) is 6.92 Å². The van der Waals surface area contributed by atoms with Crippen molar-refractivity contribution in [1.82, 2.24) is 23.7 Å². The van der Waals surface area contributed by atoms with Gasteiger partial charge in [-0.05, 0) is 31.0 Å². The molecule has 8 nitrogen and oxygen atoms in total. The molecule has 1 aliphatic rings. The van der Waals surface area contributed by atoms with Gasteiger partial charge in [-0.2, -0.15) is 26.3 Å². The molecule has 0 saturated heterocycles. The van der Waals surface area contributed by atoms with E-state index in [9.17, 15) is 35.3 Å². The van der Waals surface area contributed by atoms with Crippen molar-refractivity contribution in [2.24, 2.45) is 14.1 Å². The fraction of sp³-hybridized carbons (Fsp3) is 0.409. The first-order chi connectivity index (χ1) is 17.1. The molecule has 37 heavy (non-hydrogen) atoms. The lowest BCUT2D eigenvalue weighted by molar-refractivity contribution is -0.146. The van der Waals surface area contributed by atoms with Crippen molar-refractivity contribution in [3.63, 3.8) is 0 Å². The average molecular weight is 546 g/mol. The van der Waals surface area contributed by atoms with Crippen LogP contribution >= 0.6 is 0 Å². The van der Waals surface area contributed by atoms with Gasteiger partial charge in [0.2, 0.25) is 5.82 Å². The van der Waals surface area contributed by atoms with E-state index in [-0.39, 0.29) is 44.1 Å². The molecule has 15 heteroatoms. The lowest BCUT2D eigenvalue weighted by Gasteiger charge is -2.15. The molecular weight excluding hydrogens is 526 g/mol.